The molecule has 5 aromatic rings. The standard InChI is InChI=1S/C26H22N6O2.C2HF3O2/c1-30-15-23(17-8-3-4-10-21(17)30)32-24(20(13-27)29-26(32)34)18-14-31(22-11-5-2-7-16(18)22)25(33)19-9-6-12-28-19;3-2(4,5)1(6)7/h2-5,7-8,10-11,14-15,19,28H,6,9,12H2,1H3,(H,29,34);(H,6,7)/t19-;/m1./s1. The van der Waals surface area contributed by atoms with Gasteiger partial charge in [-0.2, -0.15) is 18.4 Å². The molecule has 3 aromatic heterocycles. The number of imidazole rings is 1. The predicted molar refractivity (Wildman–Crippen MR) is 144 cm³/mol. The van der Waals surface area contributed by atoms with Gasteiger partial charge >= 0.3 is 17.8 Å². The van der Waals surface area contributed by atoms with Crippen LogP contribution >= 0.6 is 0 Å². The van der Waals surface area contributed by atoms with Crippen LogP contribution in [0.25, 0.3) is 38.8 Å². The Labute approximate surface area is 229 Å². The molecule has 1 aliphatic heterocycles. The topological polar surface area (TPSA) is 138 Å². The number of rotatable bonds is 3. The van der Waals surface area contributed by atoms with Crippen molar-refractivity contribution in [1.29, 1.82) is 5.26 Å². The monoisotopic (exact) mass is 564 g/mol. The van der Waals surface area contributed by atoms with Crippen LogP contribution in [-0.4, -0.2) is 54.4 Å². The number of nitrogens with zero attached hydrogens (tertiary/aromatic N) is 4. The highest BCUT2D eigenvalue weighted by Gasteiger charge is 2.38. The van der Waals surface area contributed by atoms with Gasteiger partial charge in [0.1, 0.15) is 11.8 Å². The van der Waals surface area contributed by atoms with E-state index in [0.717, 1.165) is 41.2 Å². The molecule has 0 saturated carbocycles. The molecule has 1 saturated heterocycles. The van der Waals surface area contributed by atoms with E-state index in [2.05, 4.69) is 16.4 Å². The molecule has 4 heterocycles. The van der Waals surface area contributed by atoms with Crippen LogP contribution in [0.4, 0.5) is 13.2 Å². The molecule has 0 amide bonds. The van der Waals surface area contributed by atoms with Gasteiger partial charge in [-0.1, -0.05) is 36.4 Å². The Morgan fingerprint density at radius 3 is 2.29 bits per heavy atom. The van der Waals surface area contributed by atoms with Crippen LogP contribution in [-0.2, 0) is 11.8 Å². The lowest BCUT2D eigenvalue weighted by Gasteiger charge is -2.10. The summed E-state index contributed by atoms with van der Waals surface area (Å²) in [5.41, 5.74) is 3.27. The molecular weight excluding hydrogens is 541 g/mol. The van der Waals surface area contributed by atoms with Crippen molar-refractivity contribution in [3.63, 3.8) is 0 Å². The van der Waals surface area contributed by atoms with Crippen LogP contribution < -0.4 is 11.0 Å². The summed E-state index contributed by atoms with van der Waals surface area (Å²) in [5, 5.41) is 22.0. The predicted octanol–water partition coefficient (Wildman–Crippen LogP) is 4.18. The molecule has 6 rings (SSSR count). The minimum absolute atomic E-state index is 0.0342. The maximum atomic E-state index is 13.4. The second-order valence-corrected chi connectivity index (χ2v) is 9.46. The van der Waals surface area contributed by atoms with Crippen molar-refractivity contribution in [3.8, 4) is 23.0 Å². The number of halogens is 3. The Kier molecular flexibility index (Phi) is 7.02. The maximum Gasteiger partial charge on any atom is 0.490 e. The van der Waals surface area contributed by atoms with Gasteiger partial charge in [0.05, 0.1) is 22.9 Å². The summed E-state index contributed by atoms with van der Waals surface area (Å²) in [5.74, 6) is -2.79. The molecule has 1 atom stereocenters. The zero-order valence-electron chi connectivity index (χ0n) is 21.6. The molecule has 13 heteroatoms. The van der Waals surface area contributed by atoms with E-state index in [-0.39, 0.29) is 17.6 Å². The van der Waals surface area contributed by atoms with Crippen molar-refractivity contribution >= 4 is 33.7 Å². The lowest BCUT2D eigenvalue weighted by molar-refractivity contribution is -0.192. The number of benzene rings is 2. The summed E-state index contributed by atoms with van der Waals surface area (Å²) in [6.45, 7) is 0.819. The molecule has 1 aliphatic rings. The number of carbonyl (C=O) groups is 2. The number of alkyl halides is 3. The molecule has 3 N–H and O–H groups in total. The van der Waals surface area contributed by atoms with Gasteiger partial charge in [0.25, 0.3) is 0 Å². The fraction of sp³-hybridized carbons (Fsp3) is 0.214. The number of para-hydroxylation sites is 2. The fourth-order valence-corrected chi connectivity index (χ4v) is 5.11. The van der Waals surface area contributed by atoms with Crippen LogP contribution in [0.5, 0.6) is 0 Å². The van der Waals surface area contributed by atoms with Gasteiger partial charge in [0, 0.05) is 41.3 Å². The number of carboxylic acid groups (broad SMARTS) is 1. The van der Waals surface area contributed by atoms with E-state index < -0.39 is 17.8 Å². The number of carboxylic acids is 1. The van der Waals surface area contributed by atoms with Crippen LogP contribution in [0.1, 0.15) is 23.3 Å². The normalized spacial score (nSPS) is 15.0. The third-order valence-electron chi connectivity index (χ3n) is 6.93. The third-order valence-corrected chi connectivity index (χ3v) is 6.93. The molecule has 0 spiro atoms. The largest absolute Gasteiger partial charge is 0.490 e. The minimum Gasteiger partial charge on any atom is -0.475 e. The van der Waals surface area contributed by atoms with Crippen molar-refractivity contribution < 1.29 is 27.9 Å². The summed E-state index contributed by atoms with van der Waals surface area (Å²) >= 11 is 0. The molecule has 41 heavy (non-hydrogen) atoms. The van der Waals surface area contributed by atoms with Gasteiger partial charge in [0.15, 0.2) is 0 Å². The summed E-state index contributed by atoms with van der Waals surface area (Å²) in [4.78, 5) is 38.2. The van der Waals surface area contributed by atoms with Crippen molar-refractivity contribution in [1.82, 2.24) is 24.0 Å². The smallest absolute Gasteiger partial charge is 0.475 e. The van der Waals surface area contributed by atoms with Crippen LogP contribution in [0, 0.1) is 11.3 Å². The fourth-order valence-electron chi connectivity index (χ4n) is 5.11. The minimum atomic E-state index is -5.08. The van der Waals surface area contributed by atoms with Crippen molar-refractivity contribution in [2.24, 2.45) is 7.05 Å². The van der Waals surface area contributed by atoms with Gasteiger partial charge < -0.3 is 15.0 Å². The second-order valence-electron chi connectivity index (χ2n) is 9.46. The van der Waals surface area contributed by atoms with Gasteiger partial charge in [-0.3, -0.25) is 18.9 Å². The summed E-state index contributed by atoms with van der Waals surface area (Å²) in [6.07, 6.45) is 0.309. The first-order valence-electron chi connectivity index (χ1n) is 12.5. The number of hydrogen-bond acceptors (Lipinski definition) is 5. The Hall–Kier alpha value is -5.09. The van der Waals surface area contributed by atoms with Gasteiger partial charge in [-0.15, -0.1) is 0 Å². The van der Waals surface area contributed by atoms with Gasteiger partial charge in [-0.25, -0.2) is 9.59 Å². The highest BCUT2D eigenvalue weighted by molar-refractivity contribution is 6.03. The zero-order valence-corrected chi connectivity index (χ0v) is 21.6. The number of fused-ring (bicyclic) bond motifs is 2. The van der Waals surface area contributed by atoms with Crippen LogP contribution in [0.15, 0.2) is 65.7 Å². The number of aromatic nitrogens is 4. The highest BCUT2D eigenvalue weighted by atomic mass is 19.4. The van der Waals surface area contributed by atoms with E-state index in [0.29, 0.717) is 16.9 Å². The Balaban J connectivity index is 0.000000431. The Morgan fingerprint density at radius 1 is 1.05 bits per heavy atom. The van der Waals surface area contributed by atoms with Crippen LogP contribution in [0.2, 0.25) is 0 Å². The van der Waals surface area contributed by atoms with E-state index in [1.807, 2.05) is 66.3 Å². The molecule has 0 bridgehead atoms. The summed E-state index contributed by atoms with van der Waals surface area (Å²) < 4.78 is 36.9. The average molecular weight is 565 g/mol. The zero-order chi connectivity index (χ0) is 29.5. The van der Waals surface area contributed by atoms with Gasteiger partial charge in [0.2, 0.25) is 5.91 Å². The number of nitriles is 1. The van der Waals surface area contributed by atoms with E-state index in [1.165, 1.54) is 0 Å². The van der Waals surface area contributed by atoms with E-state index in [9.17, 15) is 28.0 Å². The first-order chi connectivity index (χ1) is 19.5. The number of carbonyl (C=O) groups excluding carboxylic acids is 1. The van der Waals surface area contributed by atoms with Crippen molar-refractivity contribution in [2.75, 3.05) is 6.54 Å². The summed E-state index contributed by atoms with van der Waals surface area (Å²) in [6, 6.07) is 17.3. The number of aliphatic carboxylic acids is 1. The molecule has 0 aliphatic carbocycles. The molecular formula is C28H23F3N6O4. The van der Waals surface area contributed by atoms with E-state index in [1.54, 1.807) is 15.3 Å². The van der Waals surface area contributed by atoms with E-state index in [4.69, 9.17) is 9.90 Å². The maximum absolute atomic E-state index is 13.4. The highest BCUT2D eigenvalue weighted by Crippen LogP contribution is 2.35. The first-order valence-corrected chi connectivity index (χ1v) is 12.5. The number of aryl methyl sites for hydroxylation is 1. The third kappa shape index (κ3) is 4.89. The number of aromatic amines is 1. The lowest BCUT2D eigenvalue weighted by Crippen LogP contribution is -2.34. The van der Waals surface area contributed by atoms with Gasteiger partial charge in [-0.05, 0) is 31.5 Å². The second kappa shape index (κ2) is 10.5. The quantitative estimate of drug-likeness (QED) is 0.301. The van der Waals surface area contributed by atoms with E-state index >= 15 is 0 Å². The number of nitrogens with one attached hydrogen (secondary N) is 2. The molecule has 10 nitrogen and oxygen atoms in total. The number of H-pyrrole nitrogens is 1. The van der Waals surface area contributed by atoms with Crippen molar-refractivity contribution in [2.45, 2.75) is 25.1 Å². The molecule has 210 valence electrons. The first kappa shape index (κ1) is 27.5. The molecule has 1 fully saturated rings. The molecule has 0 unspecified atom stereocenters. The molecule has 2 aromatic carbocycles. The Morgan fingerprint density at radius 2 is 1.68 bits per heavy atom. The van der Waals surface area contributed by atoms with Crippen LogP contribution in [0.3, 0.4) is 0 Å². The SMILES string of the molecule is Cn1cc(-n2c(-c3cn(C(=O)[C@H]4CCCN4)c4ccccc34)c(C#N)[nH]c2=O)c2ccccc21.O=C(O)C(F)(F)F. The Bertz CT molecular complexity index is 1900. The lowest BCUT2D eigenvalue weighted by atomic mass is 10.1. The average Bonchev–Trinajstić information content (AvgIpc) is 3.73. The number of hydrogen-bond donors (Lipinski definition) is 3. The molecule has 0 radical (unpaired) electrons. The van der Waals surface area contributed by atoms with Crippen molar-refractivity contribution in [3.05, 3.63) is 77.1 Å². The summed E-state index contributed by atoms with van der Waals surface area (Å²) in [7, 11) is 1.92.